The van der Waals surface area contributed by atoms with E-state index in [-0.39, 0.29) is 11.2 Å². The van der Waals surface area contributed by atoms with Crippen molar-refractivity contribution in [3.8, 4) is 0 Å². The summed E-state index contributed by atoms with van der Waals surface area (Å²) in [6, 6.07) is 5.14. The number of hydrogen-bond acceptors (Lipinski definition) is 1. The van der Waals surface area contributed by atoms with Gasteiger partial charge in [-0.25, -0.2) is 4.39 Å². The van der Waals surface area contributed by atoms with Crippen LogP contribution in [0.5, 0.6) is 0 Å². The van der Waals surface area contributed by atoms with Crippen LogP contribution in [0, 0.1) is 18.7 Å². The van der Waals surface area contributed by atoms with Crippen LogP contribution in [0.15, 0.2) is 18.2 Å². The maximum absolute atomic E-state index is 13.1. The second kappa shape index (κ2) is 5.15. The lowest BCUT2D eigenvalue weighted by Gasteiger charge is -2.26. The molecular weight excluding hydrogens is 227 g/mol. The summed E-state index contributed by atoms with van der Waals surface area (Å²) >= 11 is 6.43. The summed E-state index contributed by atoms with van der Waals surface area (Å²) in [5, 5.41) is -0.0248. The van der Waals surface area contributed by atoms with Crippen molar-refractivity contribution in [2.75, 3.05) is 13.2 Å². The van der Waals surface area contributed by atoms with Crippen molar-refractivity contribution in [1.82, 2.24) is 0 Å². The maximum Gasteiger partial charge on any atom is 0.126 e. The Kier molecular flexibility index (Phi) is 3.82. The van der Waals surface area contributed by atoms with Crippen molar-refractivity contribution in [2.45, 2.75) is 25.1 Å². The molecule has 0 aliphatic carbocycles. The second-order valence-corrected chi connectivity index (χ2v) is 4.83. The van der Waals surface area contributed by atoms with E-state index in [9.17, 15) is 4.39 Å². The van der Waals surface area contributed by atoms with Gasteiger partial charge in [0.05, 0.1) is 5.38 Å². The van der Waals surface area contributed by atoms with Gasteiger partial charge in [0.2, 0.25) is 0 Å². The van der Waals surface area contributed by atoms with Crippen LogP contribution in [0.2, 0.25) is 0 Å². The lowest BCUT2D eigenvalue weighted by Crippen LogP contribution is -2.19. The number of hydrogen-bond donors (Lipinski definition) is 0. The molecule has 16 heavy (non-hydrogen) atoms. The van der Waals surface area contributed by atoms with Gasteiger partial charge in [-0.05, 0) is 42.9 Å². The molecule has 1 heterocycles. The maximum atomic E-state index is 13.1. The molecule has 1 fully saturated rings. The molecule has 0 bridgehead atoms. The second-order valence-electron chi connectivity index (χ2n) is 4.36. The van der Waals surface area contributed by atoms with Gasteiger partial charge in [0.1, 0.15) is 5.82 Å². The van der Waals surface area contributed by atoms with Gasteiger partial charge in [0.25, 0.3) is 0 Å². The van der Waals surface area contributed by atoms with Crippen molar-refractivity contribution in [3.05, 3.63) is 35.1 Å². The molecule has 0 aromatic heterocycles. The summed E-state index contributed by atoms with van der Waals surface area (Å²) in [5.74, 6) is 0.278. The van der Waals surface area contributed by atoms with Crippen LogP contribution in [-0.2, 0) is 4.74 Å². The van der Waals surface area contributed by atoms with Crippen LogP contribution in [0.1, 0.15) is 29.3 Å². The number of aryl methyl sites for hydroxylation is 1. The van der Waals surface area contributed by atoms with Crippen LogP contribution in [0.3, 0.4) is 0 Å². The molecule has 0 spiro atoms. The lowest BCUT2D eigenvalue weighted by molar-refractivity contribution is 0.0650. The Morgan fingerprint density at radius 2 is 2.06 bits per heavy atom. The van der Waals surface area contributed by atoms with E-state index in [0.29, 0.717) is 11.5 Å². The average Bonchev–Trinajstić information content (AvgIpc) is 2.33. The zero-order valence-electron chi connectivity index (χ0n) is 9.38. The Morgan fingerprint density at radius 3 is 2.69 bits per heavy atom. The molecule has 0 radical (unpaired) electrons. The Bertz CT molecular complexity index is 361. The molecule has 1 aliphatic rings. The van der Waals surface area contributed by atoms with E-state index in [1.54, 1.807) is 13.0 Å². The normalized spacial score (nSPS) is 19.7. The molecule has 0 N–H and O–H groups in total. The topological polar surface area (TPSA) is 9.23 Å². The first kappa shape index (κ1) is 11.9. The van der Waals surface area contributed by atoms with E-state index in [2.05, 4.69) is 0 Å². The quantitative estimate of drug-likeness (QED) is 0.716. The van der Waals surface area contributed by atoms with Crippen LogP contribution in [-0.4, -0.2) is 13.2 Å². The highest BCUT2D eigenvalue weighted by atomic mass is 35.5. The van der Waals surface area contributed by atoms with Gasteiger partial charge in [0.15, 0.2) is 0 Å². The molecule has 3 heteroatoms. The van der Waals surface area contributed by atoms with E-state index in [1.165, 1.54) is 6.07 Å². The van der Waals surface area contributed by atoms with Crippen LogP contribution >= 0.6 is 11.6 Å². The van der Waals surface area contributed by atoms with Gasteiger partial charge < -0.3 is 4.74 Å². The van der Waals surface area contributed by atoms with E-state index in [0.717, 1.165) is 31.6 Å². The fourth-order valence-electron chi connectivity index (χ4n) is 2.12. The first-order valence-corrected chi connectivity index (χ1v) is 6.10. The highest BCUT2D eigenvalue weighted by Crippen LogP contribution is 2.35. The van der Waals surface area contributed by atoms with Crippen molar-refractivity contribution >= 4 is 11.6 Å². The minimum absolute atomic E-state index is 0.0248. The zero-order chi connectivity index (χ0) is 11.5. The summed E-state index contributed by atoms with van der Waals surface area (Å²) < 4.78 is 18.5. The van der Waals surface area contributed by atoms with Gasteiger partial charge in [-0.2, -0.15) is 0 Å². The Balaban J connectivity index is 2.12. The predicted molar refractivity (Wildman–Crippen MR) is 63.3 cm³/mol. The van der Waals surface area contributed by atoms with Gasteiger partial charge in [-0.3, -0.25) is 0 Å². The van der Waals surface area contributed by atoms with Crippen molar-refractivity contribution in [3.63, 3.8) is 0 Å². The van der Waals surface area contributed by atoms with Gasteiger partial charge in [0, 0.05) is 13.2 Å². The molecule has 1 unspecified atom stereocenters. The molecule has 0 saturated carbocycles. The molecule has 0 amide bonds. The zero-order valence-corrected chi connectivity index (χ0v) is 10.1. The van der Waals surface area contributed by atoms with E-state index in [4.69, 9.17) is 16.3 Å². The number of halogens is 2. The lowest BCUT2D eigenvalue weighted by atomic mass is 9.91. The van der Waals surface area contributed by atoms with Crippen LogP contribution in [0.4, 0.5) is 4.39 Å². The largest absolute Gasteiger partial charge is 0.381 e. The summed E-state index contributed by atoms with van der Waals surface area (Å²) in [6.45, 7) is 3.34. The number of alkyl halides is 1. The Labute approximate surface area is 101 Å². The average molecular weight is 243 g/mol. The molecule has 1 aliphatic heterocycles. The summed E-state index contributed by atoms with van der Waals surface area (Å²) in [7, 11) is 0. The third-order valence-corrected chi connectivity index (χ3v) is 3.79. The van der Waals surface area contributed by atoms with E-state index < -0.39 is 0 Å². The number of rotatable bonds is 2. The van der Waals surface area contributed by atoms with Gasteiger partial charge >= 0.3 is 0 Å². The monoisotopic (exact) mass is 242 g/mol. The molecule has 1 aromatic rings. The fourth-order valence-corrected chi connectivity index (χ4v) is 2.51. The summed E-state index contributed by atoms with van der Waals surface area (Å²) in [4.78, 5) is 0. The van der Waals surface area contributed by atoms with Crippen molar-refractivity contribution in [2.24, 2.45) is 5.92 Å². The van der Waals surface area contributed by atoms with E-state index >= 15 is 0 Å². The highest BCUT2D eigenvalue weighted by Gasteiger charge is 2.23. The van der Waals surface area contributed by atoms with Gasteiger partial charge in [-0.1, -0.05) is 12.1 Å². The highest BCUT2D eigenvalue weighted by molar-refractivity contribution is 6.21. The van der Waals surface area contributed by atoms with Crippen molar-refractivity contribution in [1.29, 1.82) is 0 Å². The molecule has 88 valence electrons. The van der Waals surface area contributed by atoms with Crippen molar-refractivity contribution < 1.29 is 9.13 Å². The minimum atomic E-state index is -0.167. The predicted octanol–water partition coefficient (Wildman–Crippen LogP) is 3.84. The number of benzene rings is 1. The molecule has 1 saturated heterocycles. The summed E-state index contributed by atoms with van der Waals surface area (Å²) in [5.41, 5.74) is 1.68. The third kappa shape index (κ3) is 2.55. The third-order valence-electron chi connectivity index (χ3n) is 3.18. The first-order valence-electron chi connectivity index (χ1n) is 5.66. The fraction of sp³-hybridized carbons (Fsp3) is 0.538. The molecule has 1 atom stereocenters. The molecular formula is C13H16ClFO. The van der Waals surface area contributed by atoms with Crippen LogP contribution in [0.25, 0.3) is 0 Å². The SMILES string of the molecule is Cc1cc(C(Cl)C2CCOCC2)ccc1F. The number of ether oxygens (including phenoxy) is 1. The Morgan fingerprint density at radius 1 is 1.38 bits per heavy atom. The molecule has 1 aromatic carbocycles. The standard InChI is InChI=1S/C13H16ClFO/c1-9-8-11(2-3-12(9)15)13(14)10-4-6-16-7-5-10/h2-3,8,10,13H,4-7H2,1H3. The van der Waals surface area contributed by atoms with E-state index in [1.807, 2.05) is 6.07 Å². The minimum Gasteiger partial charge on any atom is -0.381 e. The van der Waals surface area contributed by atoms with Gasteiger partial charge in [-0.15, -0.1) is 11.6 Å². The molecule has 2 rings (SSSR count). The first-order chi connectivity index (χ1) is 7.68. The Hall–Kier alpha value is -0.600. The van der Waals surface area contributed by atoms with Crippen LogP contribution < -0.4 is 0 Å². The molecule has 1 nitrogen and oxygen atoms in total. The summed E-state index contributed by atoms with van der Waals surface area (Å²) in [6.07, 6.45) is 1.98. The smallest absolute Gasteiger partial charge is 0.126 e.